The molecule has 1 saturated heterocycles. The van der Waals surface area contributed by atoms with Crippen LogP contribution in [0.1, 0.15) is 23.2 Å². The molecular formula is C15H18BrClN4O. The van der Waals surface area contributed by atoms with Crippen molar-refractivity contribution >= 4 is 34.2 Å². The van der Waals surface area contributed by atoms with E-state index in [1.165, 1.54) is 6.42 Å². The Bertz CT molecular complexity index is 623. The molecule has 5 nitrogen and oxygen atoms in total. The average Bonchev–Trinajstić information content (AvgIpc) is 3.17. The maximum Gasteiger partial charge on any atom is 0.254 e. The van der Waals surface area contributed by atoms with Crippen molar-refractivity contribution in [2.24, 2.45) is 0 Å². The zero-order valence-corrected chi connectivity index (χ0v) is 14.4. The maximum absolute atomic E-state index is 12.1. The molecular weight excluding hydrogens is 368 g/mol. The van der Waals surface area contributed by atoms with Gasteiger partial charge in [-0.1, -0.05) is 15.9 Å². The summed E-state index contributed by atoms with van der Waals surface area (Å²) in [6.07, 6.45) is 5.65. The fourth-order valence-corrected chi connectivity index (χ4v) is 2.69. The Balaban J connectivity index is 0.00000176. The van der Waals surface area contributed by atoms with Crippen molar-refractivity contribution in [3.05, 3.63) is 46.7 Å². The second kappa shape index (κ2) is 7.76. The third-order valence-corrected chi connectivity index (χ3v) is 4.14. The molecule has 0 radical (unpaired) electrons. The Morgan fingerprint density at radius 1 is 1.41 bits per heavy atom. The lowest BCUT2D eigenvalue weighted by molar-refractivity contribution is 0.0950. The molecule has 2 heterocycles. The molecule has 1 aliphatic heterocycles. The number of aromatic nitrogens is 2. The second-order valence-corrected chi connectivity index (χ2v) is 6.07. The monoisotopic (exact) mass is 384 g/mol. The Labute approximate surface area is 144 Å². The zero-order chi connectivity index (χ0) is 14.7. The summed E-state index contributed by atoms with van der Waals surface area (Å²) < 4.78 is 2.72. The fraction of sp³-hybridized carbons (Fsp3) is 0.333. The zero-order valence-electron chi connectivity index (χ0n) is 12.0. The highest BCUT2D eigenvalue weighted by atomic mass is 79.9. The largest absolute Gasteiger partial charge is 0.350 e. The number of rotatable bonds is 4. The number of nitrogens with one attached hydrogen (secondary N) is 2. The molecule has 0 bridgehead atoms. The van der Waals surface area contributed by atoms with Gasteiger partial charge in [0.2, 0.25) is 0 Å². The van der Waals surface area contributed by atoms with Crippen LogP contribution < -0.4 is 10.6 Å². The van der Waals surface area contributed by atoms with Crippen molar-refractivity contribution in [3.63, 3.8) is 0 Å². The molecule has 0 aliphatic carbocycles. The summed E-state index contributed by atoms with van der Waals surface area (Å²) >= 11 is 3.40. The standard InChI is InChI=1S/C15H17BrN4O.ClH/c16-12-3-5-14(6-4-12)20-10-11(8-19-20)15(21)18-9-13-2-1-7-17-13;/h3-6,8,10,13,17H,1-2,7,9H2,(H,18,21);1H. The van der Waals surface area contributed by atoms with Crippen LogP contribution in [-0.4, -0.2) is 34.8 Å². The third kappa shape index (κ3) is 4.09. The van der Waals surface area contributed by atoms with Crippen LogP contribution >= 0.6 is 28.3 Å². The van der Waals surface area contributed by atoms with Crippen LogP contribution in [0.25, 0.3) is 5.69 Å². The van der Waals surface area contributed by atoms with Gasteiger partial charge in [0.15, 0.2) is 0 Å². The molecule has 7 heteroatoms. The lowest BCUT2D eigenvalue weighted by Crippen LogP contribution is -2.37. The Morgan fingerprint density at radius 2 is 2.18 bits per heavy atom. The molecule has 1 aromatic carbocycles. The Morgan fingerprint density at radius 3 is 2.86 bits per heavy atom. The van der Waals surface area contributed by atoms with Gasteiger partial charge in [0.25, 0.3) is 5.91 Å². The number of nitrogens with zero attached hydrogens (tertiary/aromatic N) is 2. The fourth-order valence-electron chi connectivity index (χ4n) is 2.42. The van der Waals surface area contributed by atoms with E-state index in [4.69, 9.17) is 0 Å². The number of halogens is 2. The van der Waals surface area contributed by atoms with E-state index >= 15 is 0 Å². The molecule has 3 rings (SSSR count). The minimum absolute atomic E-state index is 0. The van der Waals surface area contributed by atoms with Gasteiger partial charge in [-0.15, -0.1) is 12.4 Å². The predicted octanol–water partition coefficient (Wildman–Crippen LogP) is 2.54. The van der Waals surface area contributed by atoms with Gasteiger partial charge < -0.3 is 10.6 Å². The number of hydrogen-bond donors (Lipinski definition) is 2. The molecule has 1 unspecified atom stereocenters. The molecule has 22 heavy (non-hydrogen) atoms. The van der Waals surface area contributed by atoms with Gasteiger partial charge in [-0.25, -0.2) is 4.68 Å². The van der Waals surface area contributed by atoms with Crippen molar-refractivity contribution in [2.75, 3.05) is 13.1 Å². The van der Waals surface area contributed by atoms with Gasteiger partial charge in [0.05, 0.1) is 17.4 Å². The minimum Gasteiger partial charge on any atom is -0.350 e. The second-order valence-electron chi connectivity index (χ2n) is 5.15. The molecule has 2 N–H and O–H groups in total. The van der Waals surface area contributed by atoms with Gasteiger partial charge in [0.1, 0.15) is 0 Å². The highest BCUT2D eigenvalue weighted by Gasteiger charge is 2.16. The molecule has 1 aromatic heterocycles. The molecule has 1 fully saturated rings. The summed E-state index contributed by atoms with van der Waals surface area (Å²) in [4.78, 5) is 12.1. The van der Waals surface area contributed by atoms with E-state index in [1.807, 2.05) is 24.3 Å². The van der Waals surface area contributed by atoms with Crippen LogP contribution in [0.2, 0.25) is 0 Å². The van der Waals surface area contributed by atoms with Gasteiger partial charge in [-0.2, -0.15) is 5.10 Å². The Kier molecular flexibility index (Phi) is 5.99. The molecule has 118 valence electrons. The van der Waals surface area contributed by atoms with E-state index in [1.54, 1.807) is 17.1 Å². The van der Waals surface area contributed by atoms with Crippen molar-refractivity contribution in [3.8, 4) is 5.69 Å². The van der Waals surface area contributed by atoms with Crippen molar-refractivity contribution in [1.29, 1.82) is 0 Å². The minimum atomic E-state index is -0.0768. The van der Waals surface area contributed by atoms with Crippen LogP contribution in [-0.2, 0) is 0 Å². The van der Waals surface area contributed by atoms with Gasteiger partial charge in [0, 0.05) is 23.3 Å². The SMILES string of the molecule is Cl.O=C(NCC1CCCN1)c1cnn(-c2ccc(Br)cc2)c1. The van der Waals surface area contributed by atoms with E-state index in [0.717, 1.165) is 23.1 Å². The first-order chi connectivity index (χ1) is 10.2. The number of benzene rings is 1. The van der Waals surface area contributed by atoms with Crippen LogP contribution in [0.5, 0.6) is 0 Å². The van der Waals surface area contributed by atoms with E-state index in [0.29, 0.717) is 18.2 Å². The highest BCUT2D eigenvalue weighted by molar-refractivity contribution is 9.10. The van der Waals surface area contributed by atoms with Crippen LogP contribution in [0.3, 0.4) is 0 Å². The summed E-state index contributed by atoms with van der Waals surface area (Å²) in [7, 11) is 0. The molecule has 0 spiro atoms. The van der Waals surface area contributed by atoms with Crippen LogP contribution in [0, 0.1) is 0 Å². The smallest absolute Gasteiger partial charge is 0.254 e. The topological polar surface area (TPSA) is 59.0 Å². The summed E-state index contributed by atoms with van der Waals surface area (Å²) in [5.74, 6) is -0.0768. The summed E-state index contributed by atoms with van der Waals surface area (Å²) in [5.41, 5.74) is 1.51. The third-order valence-electron chi connectivity index (χ3n) is 3.61. The quantitative estimate of drug-likeness (QED) is 0.850. The first-order valence-corrected chi connectivity index (χ1v) is 7.84. The number of amides is 1. The van der Waals surface area contributed by atoms with Crippen LogP contribution in [0.15, 0.2) is 41.1 Å². The van der Waals surface area contributed by atoms with Crippen LogP contribution in [0.4, 0.5) is 0 Å². The molecule has 1 aliphatic rings. The van der Waals surface area contributed by atoms with E-state index < -0.39 is 0 Å². The predicted molar refractivity (Wildman–Crippen MR) is 91.9 cm³/mol. The lowest BCUT2D eigenvalue weighted by Gasteiger charge is -2.10. The first kappa shape index (κ1) is 17.0. The number of hydrogen-bond acceptors (Lipinski definition) is 3. The molecule has 1 atom stereocenters. The summed E-state index contributed by atoms with van der Waals surface area (Å²) in [5, 5.41) is 10.6. The molecule has 0 saturated carbocycles. The van der Waals surface area contributed by atoms with Crippen molar-refractivity contribution in [1.82, 2.24) is 20.4 Å². The summed E-state index contributed by atoms with van der Waals surface area (Å²) in [6.45, 7) is 1.71. The van der Waals surface area contributed by atoms with Gasteiger partial charge in [-0.05, 0) is 43.7 Å². The maximum atomic E-state index is 12.1. The van der Waals surface area contributed by atoms with Gasteiger partial charge >= 0.3 is 0 Å². The van der Waals surface area contributed by atoms with Gasteiger partial charge in [-0.3, -0.25) is 4.79 Å². The first-order valence-electron chi connectivity index (χ1n) is 7.04. The normalized spacial score (nSPS) is 17.0. The number of carbonyl (C=O) groups is 1. The van der Waals surface area contributed by atoms with E-state index in [2.05, 4.69) is 31.7 Å². The summed E-state index contributed by atoms with van der Waals surface area (Å²) in [6, 6.07) is 8.18. The van der Waals surface area contributed by atoms with E-state index in [9.17, 15) is 4.79 Å². The average molecular weight is 386 g/mol. The Hall–Kier alpha value is -1.37. The number of carbonyl (C=O) groups excluding carboxylic acids is 1. The molecule has 2 aromatic rings. The highest BCUT2D eigenvalue weighted by Crippen LogP contribution is 2.14. The molecule has 1 amide bonds. The lowest BCUT2D eigenvalue weighted by atomic mass is 10.2. The van der Waals surface area contributed by atoms with Crippen molar-refractivity contribution < 1.29 is 4.79 Å². The van der Waals surface area contributed by atoms with Crippen molar-refractivity contribution in [2.45, 2.75) is 18.9 Å². The van der Waals surface area contributed by atoms with E-state index in [-0.39, 0.29) is 18.3 Å².